The van der Waals surface area contributed by atoms with Gasteiger partial charge < -0.3 is 10.8 Å². The number of rotatable bonds is 2. The monoisotopic (exact) mass is 221 g/mol. The van der Waals surface area contributed by atoms with Crippen molar-refractivity contribution in [3.8, 4) is 0 Å². The van der Waals surface area contributed by atoms with Gasteiger partial charge in [-0.1, -0.05) is 12.2 Å². The van der Waals surface area contributed by atoms with E-state index in [2.05, 4.69) is 0 Å². The molecule has 0 radical (unpaired) electrons. The molecule has 64 valence electrons. The second kappa shape index (κ2) is 3.30. The summed E-state index contributed by atoms with van der Waals surface area (Å²) in [6.07, 6.45) is 0. The van der Waals surface area contributed by atoms with Crippen molar-refractivity contribution in [2.24, 2.45) is 5.73 Å². The minimum Gasteiger partial charge on any atom is -0.477 e. The van der Waals surface area contributed by atoms with Gasteiger partial charge in [-0.25, -0.2) is 4.79 Å². The van der Waals surface area contributed by atoms with E-state index in [1.807, 2.05) is 0 Å². The molecule has 1 aromatic heterocycles. The third-order valence-electron chi connectivity index (χ3n) is 0.995. The molecule has 1 aromatic rings. The lowest BCUT2D eigenvalue weighted by atomic mass is 10.4. The maximum atomic E-state index is 10.7. The number of nitrogens with two attached hydrogens (primary N) is 1. The first-order valence-corrected chi connectivity index (χ1v) is 4.73. The van der Waals surface area contributed by atoms with Gasteiger partial charge in [-0.15, -0.1) is 22.7 Å². The smallest absolute Gasteiger partial charge is 0.347 e. The molecule has 0 unspecified atom stereocenters. The van der Waals surface area contributed by atoms with Crippen molar-refractivity contribution in [1.29, 1.82) is 0 Å². The van der Waals surface area contributed by atoms with Crippen molar-refractivity contribution < 1.29 is 14.7 Å². The first-order valence-electron chi connectivity index (χ1n) is 2.69. The van der Waals surface area contributed by atoms with Crippen LogP contribution in [0, 0.1) is 3.14 Å². The Balaban J connectivity index is 3.36. The summed E-state index contributed by atoms with van der Waals surface area (Å²) in [7, 11) is 0. The van der Waals surface area contributed by atoms with Gasteiger partial charge in [-0.05, 0) is 0 Å². The highest BCUT2D eigenvalue weighted by Gasteiger charge is 2.17. The molecule has 0 aliphatic rings. The second-order valence-electron chi connectivity index (χ2n) is 1.78. The van der Waals surface area contributed by atoms with E-state index in [0.29, 0.717) is 3.14 Å². The Labute approximate surface area is 80.3 Å². The van der Waals surface area contributed by atoms with Crippen LogP contribution in [0.3, 0.4) is 0 Å². The van der Waals surface area contributed by atoms with Gasteiger partial charge in [0.25, 0.3) is 5.91 Å². The summed E-state index contributed by atoms with van der Waals surface area (Å²) in [5.74, 6) is -1.91. The molecule has 0 fully saturated rings. The molecular weight excluding hydrogens is 218 g/mol. The molecule has 7 heteroatoms. The number of amides is 1. The second-order valence-corrected chi connectivity index (χ2v) is 5.01. The van der Waals surface area contributed by atoms with E-state index in [-0.39, 0.29) is 9.75 Å². The lowest BCUT2D eigenvalue weighted by molar-refractivity contribution is 0.0698. The summed E-state index contributed by atoms with van der Waals surface area (Å²) < 4.78 is 0.390. The molecule has 4 nitrogen and oxygen atoms in total. The van der Waals surface area contributed by atoms with Gasteiger partial charge >= 0.3 is 5.97 Å². The largest absolute Gasteiger partial charge is 0.477 e. The molecule has 0 bridgehead atoms. The average Bonchev–Trinajstić information content (AvgIpc) is 2.31. The summed E-state index contributed by atoms with van der Waals surface area (Å²) >= 11 is 6.54. The van der Waals surface area contributed by atoms with Crippen LogP contribution in [0.25, 0.3) is 0 Å². The topological polar surface area (TPSA) is 80.4 Å². The highest BCUT2D eigenvalue weighted by Crippen LogP contribution is 2.24. The van der Waals surface area contributed by atoms with Gasteiger partial charge in [0.1, 0.15) is 12.9 Å². The maximum Gasteiger partial charge on any atom is 0.347 e. The predicted octanol–water partition coefficient (Wildman–Crippen LogP) is 1.34. The number of carbonyl (C=O) groups is 2. The van der Waals surface area contributed by atoms with Crippen molar-refractivity contribution in [3.05, 3.63) is 12.9 Å². The summed E-state index contributed by atoms with van der Waals surface area (Å²) in [5, 5.41) is 8.59. The van der Waals surface area contributed by atoms with Gasteiger partial charge in [-0.3, -0.25) is 4.79 Å². The van der Waals surface area contributed by atoms with Gasteiger partial charge in [0.2, 0.25) is 0 Å². The minimum absolute atomic E-state index is 0.0255. The van der Waals surface area contributed by atoms with E-state index in [1.54, 1.807) is 0 Å². The van der Waals surface area contributed by atoms with Crippen LogP contribution in [0.15, 0.2) is 0 Å². The standard InChI is InChI=1S/C5H3NO3S3/c6-3(7)1-2(4(8)9)12-5(10)11-1/h(H2,6,7)(H,8,9). The zero-order chi connectivity index (χ0) is 9.30. The number of carboxylic acids is 1. The van der Waals surface area contributed by atoms with Crippen LogP contribution in [0.4, 0.5) is 0 Å². The fourth-order valence-corrected chi connectivity index (χ4v) is 2.89. The van der Waals surface area contributed by atoms with E-state index in [1.165, 1.54) is 0 Å². The van der Waals surface area contributed by atoms with E-state index in [4.69, 9.17) is 23.1 Å². The highest BCUT2D eigenvalue weighted by molar-refractivity contribution is 7.76. The Morgan fingerprint density at radius 2 is 1.83 bits per heavy atom. The molecule has 1 heterocycles. The van der Waals surface area contributed by atoms with E-state index >= 15 is 0 Å². The van der Waals surface area contributed by atoms with Crippen LogP contribution in [0.2, 0.25) is 0 Å². The fraction of sp³-hybridized carbons (Fsp3) is 0. The molecule has 0 saturated carbocycles. The Morgan fingerprint density at radius 3 is 2.17 bits per heavy atom. The van der Waals surface area contributed by atoms with E-state index in [0.717, 1.165) is 22.7 Å². The van der Waals surface area contributed by atoms with Crippen molar-refractivity contribution >= 4 is 46.8 Å². The molecule has 0 saturated heterocycles. The van der Waals surface area contributed by atoms with Crippen LogP contribution in [0.1, 0.15) is 19.3 Å². The molecule has 12 heavy (non-hydrogen) atoms. The Hall–Kier alpha value is -0.790. The molecule has 1 amide bonds. The highest BCUT2D eigenvalue weighted by atomic mass is 32.2. The van der Waals surface area contributed by atoms with Gasteiger partial charge in [-0.2, -0.15) is 0 Å². The third-order valence-corrected chi connectivity index (χ3v) is 3.65. The molecule has 0 aliphatic heterocycles. The Morgan fingerprint density at radius 1 is 1.33 bits per heavy atom. The lowest BCUT2D eigenvalue weighted by Gasteiger charge is -1.89. The molecule has 0 atom stereocenters. The number of aromatic carboxylic acids is 1. The quantitative estimate of drug-likeness (QED) is 0.738. The summed E-state index contributed by atoms with van der Waals surface area (Å²) in [4.78, 5) is 21.1. The molecule has 0 aliphatic carbocycles. The first kappa shape index (κ1) is 9.30. The fourth-order valence-electron chi connectivity index (χ4n) is 0.583. The predicted molar refractivity (Wildman–Crippen MR) is 48.5 cm³/mol. The number of hydrogen-bond acceptors (Lipinski definition) is 5. The third kappa shape index (κ3) is 1.68. The van der Waals surface area contributed by atoms with Crippen molar-refractivity contribution in [2.45, 2.75) is 0 Å². The van der Waals surface area contributed by atoms with Crippen LogP contribution in [-0.2, 0) is 0 Å². The van der Waals surface area contributed by atoms with Gasteiger partial charge in [0.15, 0.2) is 0 Å². The maximum absolute atomic E-state index is 10.7. The van der Waals surface area contributed by atoms with Gasteiger partial charge in [0, 0.05) is 0 Å². The molecular formula is C5H3NO3S3. The Bertz CT molecular complexity index is 356. The molecule has 0 aromatic carbocycles. The van der Waals surface area contributed by atoms with Crippen LogP contribution < -0.4 is 5.73 Å². The van der Waals surface area contributed by atoms with Crippen molar-refractivity contribution in [2.75, 3.05) is 0 Å². The minimum atomic E-state index is -1.17. The number of carboxylic acid groups (broad SMARTS) is 1. The number of hydrogen-bond donors (Lipinski definition) is 2. The van der Waals surface area contributed by atoms with Gasteiger partial charge in [0.05, 0.1) is 0 Å². The molecule has 0 spiro atoms. The zero-order valence-electron chi connectivity index (χ0n) is 5.57. The van der Waals surface area contributed by atoms with Crippen LogP contribution in [-0.4, -0.2) is 17.0 Å². The number of primary amides is 1. The molecule has 3 N–H and O–H groups in total. The van der Waals surface area contributed by atoms with Crippen molar-refractivity contribution in [1.82, 2.24) is 0 Å². The summed E-state index contributed by atoms with van der Waals surface area (Å²) in [6, 6.07) is 0. The normalized spacial score (nSPS) is 9.67. The summed E-state index contributed by atoms with van der Waals surface area (Å²) in [6.45, 7) is 0. The lowest BCUT2D eigenvalue weighted by Crippen LogP contribution is -2.12. The number of carbonyl (C=O) groups excluding carboxylic acids is 1. The summed E-state index contributed by atoms with van der Waals surface area (Å²) in [5.41, 5.74) is 4.93. The average molecular weight is 221 g/mol. The van der Waals surface area contributed by atoms with E-state index in [9.17, 15) is 9.59 Å². The molecule has 1 rings (SSSR count). The SMILES string of the molecule is NC(=O)c1sc(=S)sc1C(=O)O. The Kier molecular flexibility index (Phi) is 2.55. The van der Waals surface area contributed by atoms with Crippen LogP contribution >= 0.6 is 34.9 Å². The van der Waals surface area contributed by atoms with Crippen molar-refractivity contribution in [3.63, 3.8) is 0 Å². The first-order chi connectivity index (χ1) is 5.52. The van der Waals surface area contributed by atoms with E-state index < -0.39 is 11.9 Å². The van der Waals surface area contributed by atoms with Crippen LogP contribution in [0.5, 0.6) is 0 Å². The zero-order valence-corrected chi connectivity index (χ0v) is 8.02.